The third-order valence-corrected chi connectivity index (χ3v) is 6.28. The second kappa shape index (κ2) is 8.87. The summed E-state index contributed by atoms with van der Waals surface area (Å²) in [4.78, 5) is 23.5. The van der Waals surface area contributed by atoms with Crippen molar-refractivity contribution in [2.75, 3.05) is 13.7 Å². The molecule has 1 N–H and O–H groups in total. The van der Waals surface area contributed by atoms with Crippen LogP contribution < -0.4 is 4.74 Å². The molecule has 0 saturated carbocycles. The van der Waals surface area contributed by atoms with Gasteiger partial charge in [-0.2, -0.15) is 0 Å². The molecule has 32 heavy (non-hydrogen) atoms. The molecule has 0 spiro atoms. The number of hydrogen-bond donors (Lipinski definition) is 1. The van der Waals surface area contributed by atoms with Gasteiger partial charge in [0.15, 0.2) is 0 Å². The van der Waals surface area contributed by atoms with E-state index in [0.717, 1.165) is 65.0 Å². The predicted octanol–water partition coefficient (Wildman–Crippen LogP) is 5.07. The van der Waals surface area contributed by atoms with Gasteiger partial charge in [-0.25, -0.2) is 0 Å². The zero-order valence-electron chi connectivity index (χ0n) is 18.3. The largest absolute Gasteiger partial charge is 0.497 e. The summed E-state index contributed by atoms with van der Waals surface area (Å²) in [6.45, 7) is 0.785. The summed E-state index contributed by atoms with van der Waals surface area (Å²) in [5.74, 6) is 1.01. The van der Waals surface area contributed by atoms with Crippen molar-refractivity contribution in [2.45, 2.75) is 31.7 Å². The van der Waals surface area contributed by atoms with Crippen LogP contribution in [-0.2, 0) is 17.6 Å². The molecular weight excluding hydrogens is 398 g/mol. The highest BCUT2D eigenvalue weighted by atomic mass is 16.5. The second-order valence-corrected chi connectivity index (χ2v) is 8.36. The molecule has 0 unspecified atom stereocenters. The van der Waals surface area contributed by atoms with E-state index in [1.807, 2.05) is 47.5 Å². The molecule has 4 aromatic rings. The fourth-order valence-corrected chi connectivity index (χ4v) is 4.69. The monoisotopic (exact) mass is 425 g/mol. The zero-order valence-corrected chi connectivity index (χ0v) is 18.3. The number of fused-ring (bicyclic) bond motifs is 1. The molecule has 1 atom stereocenters. The van der Waals surface area contributed by atoms with Crippen LogP contribution in [0.3, 0.4) is 0 Å². The van der Waals surface area contributed by atoms with E-state index in [4.69, 9.17) is 9.72 Å². The zero-order chi connectivity index (χ0) is 21.9. The number of H-pyrrole nitrogens is 1. The number of aromatic amines is 1. The number of aromatic nitrogens is 2. The first kappa shape index (κ1) is 20.3. The average Bonchev–Trinajstić information content (AvgIpc) is 3.47. The average molecular weight is 426 g/mol. The summed E-state index contributed by atoms with van der Waals surface area (Å²) >= 11 is 0. The number of nitrogens with one attached hydrogen (secondary N) is 1. The van der Waals surface area contributed by atoms with E-state index in [1.165, 1.54) is 0 Å². The topological polar surface area (TPSA) is 58.2 Å². The first-order valence-corrected chi connectivity index (χ1v) is 11.1. The van der Waals surface area contributed by atoms with E-state index in [1.54, 1.807) is 7.11 Å². The molecule has 1 saturated heterocycles. The van der Waals surface area contributed by atoms with Crippen LogP contribution in [0.25, 0.3) is 10.9 Å². The quantitative estimate of drug-likeness (QED) is 0.469. The maximum absolute atomic E-state index is 13.3. The molecule has 3 heterocycles. The number of methoxy groups -OCH3 is 1. The van der Waals surface area contributed by atoms with Gasteiger partial charge in [0.25, 0.3) is 0 Å². The van der Waals surface area contributed by atoms with Crippen molar-refractivity contribution in [3.05, 3.63) is 95.4 Å². The van der Waals surface area contributed by atoms with Gasteiger partial charge in [-0.1, -0.05) is 36.4 Å². The number of hydrogen-bond acceptors (Lipinski definition) is 3. The Labute approximate surface area is 188 Å². The molecule has 1 amide bonds. The summed E-state index contributed by atoms with van der Waals surface area (Å²) < 4.78 is 5.34. The predicted molar refractivity (Wildman–Crippen MR) is 126 cm³/mol. The van der Waals surface area contributed by atoms with Crippen molar-refractivity contribution >= 4 is 16.8 Å². The van der Waals surface area contributed by atoms with Crippen molar-refractivity contribution in [3.8, 4) is 5.75 Å². The van der Waals surface area contributed by atoms with E-state index in [-0.39, 0.29) is 11.9 Å². The molecule has 1 aliphatic rings. The molecule has 1 aliphatic heterocycles. The molecular formula is C27H27N3O2. The maximum Gasteiger partial charge on any atom is 0.227 e. The third-order valence-electron chi connectivity index (χ3n) is 6.28. The number of likely N-dealkylation sites (tertiary alicyclic amines) is 1. The lowest BCUT2D eigenvalue weighted by Crippen LogP contribution is -2.32. The summed E-state index contributed by atoms with van der Waals surface area (Å²) in [7, 11) is 1.68. The molecule has 162 valence electrons. The SMILES string of the molecule is COc1cccc(Cc2cccc([C@H]3CCCN3C(=O)Cc3c[nH]c4ccccc34)n2)c1. The van der Waals surface area contributed by atoms with Crippen LogP contribution in [0.4, 0.5) is 0 Å². The van der Waals surface area contributed by atoms with Crippen LogP contribution in [-0.4, -0.2) is 34.4 Å². The molecule has 5 rings (SSSR count). The van der Waals surface area contributed by atoms with Gasteiger partial charge in [-0.3, -0.25) is 9.78 Å². The Kier molecular flexibility index (Phi) is 5.63. The van der Waals surface area contributed by atoms with Gasteiger partial charge < -0.3 is 14.6 Å². The van der Waals surface area contributed by atoms with Crippen LogP contribution in [0.5, 0.6) is 5.75 Å². The Morgan fingerprint density at radius 1 is 1.12 bits per heavy atom. The summed E-state index contributed by atoms with van der Waals surface area (Å²) in [6.07, 6.45) is 5.06. The van der Waals surface area contributed by atoms with Crippen molar-refractivity contribution < 1.29 is 9.53 Å². The van der Waals surface area contributed by atoms with Crippen LogP contribution in [0.2, 0.25) is 0 Å². The first-order valence-electron chi connectivity index (χ1n) is 11.1. The normalized spacial score (nSPS) is 15.9. The Morgan fingerprint density at radius 2 is 2.00 bits per heavy atom. The molecule has 2 aromatic heterocycles. The molecule has 1 fully saturated rings. The number of carbonyl (C=O) groups is 1. The molecule has 0 aliphatic carbocycles. The van der Waals surface area contributed by atoms with Crippen LogP contribution in [0.1, 0.15) is 41.4 Å². The number of amides is 1. The van der Waals surface area contributed by atoms with E-state index >= 15 is 0 Å². The number of nitrogens with zero attached hydrogens (tertiary/aromatic N) is 2. The Hall–Kier alpha value is -3.60. The fraction of sp³-hybridized carbons (Fsp3) is 0.259. The van der Waals surface area contributed by atoms with Crippen LogP contribution >= 0.6 is 0 Å². The van der Waals surface area contributed by atoms with Crippen molar-refractivity contribution in [1.29, 1.82) is 0 Å². The van der Waals surface area contributed by atoms with Gasteiger partial charge in [-0.05, 0) is 54.3 Å². The Bertz CT molecular complexity index is 1250. The number of carbonyl (C=O) groups excluding carboxylic acids is 1. The molecule has 0 radical (unpaired) electrons. The van der Waals surface area contributed by atoms with Gasteiger partial charge in [0, 0.05) is 35.8 Å². The molecule has 2 aromatic carbocycles. The Morgan fingerprint density at radius 3 is 2.91 bits per heavy atom. The number of pyridine rings is 1. The van der Waals surface area contributed by atoms with E-state index < -0.39 is 0 Å². The van der Waals surface area contributed by atoms with Gasteiger partial charge in [0.05, 0.1) is 25.3 Å². The van der Waals surface area contributed by atoms with Crippen LogP contribution in [0.15, 0.2) is 72.9 Å². The van der Waals surface area contributed by atoms with Crippen molar-refractivity contribution in [2.24, 2.45) is 0 Å². The highest BCUT2D eigenvalue weighted by Crippen LogP contribution is 2.32. The maximum atomic E-state index is 13.3. The van der Waals surface area contributed by atoms with Crippen LogP contribution in [0, 0.1) is 0 Å². The lowest BCUT2D eigenvalue weighted by atomic mass is 10.1. The third kappa shape index (κ3) is 4.11. The summed E-state index contributed by atoms with van der Waals surface area (Å²) in [6, 6.07) is 22.4. The van der Waals surface area contributed by atoms with E-state index in [9.17, 15) is 4.79 Å². The number of ether oxygens (including phenoxy) is 1. The summed E-state index contributed by atoms with van der Waals surface area (Å²) in [5.41, 5.74) is 5.27. The number of rotatable bonds is 6. The van der Waals surface area contributed by atoms with Crippen molar-refractivity contribution in [3.63, 3.8) is 0 Å². The highest BCUT2D eigenvalue weighted by molar-refractivity contribution is 5.89. The molecule has 0 bridgehead atoms. The van der Waals surface area contributed by atoms with Gasteiger partial charge >= 0.3 is 0 Å². The van der Waals surface area contributed by atoms with E-state index in [2.05, 4.69) is 35.3 Å². The minimum absolute atomic E-state index is 0.0398. The van der Waals surface area contributed by atoms with E-state index in [0.29, 0.717) is 6.42 Å². The fourth-order valence-electron chi connectivity index (χ4n) is 4.69. The van der Waals surface area contributed by atoms with Gasteiger partial charge in [-0.15, -0.1) is 0 Å². The van der Waals surface area contributed by atoms with Crippen molar-refractivity contribution in [1.82, 2.24) is 14.9 Å². The molecule has 5 heteroatoms. The lowest BCUT2D eigenvalue weighted by Gasteiger charge is -2.25. The summed E-state index contributed by atoms with van der Waals surface area (Å²) in [5, 5.41) is 1.12. The second-order valence-electron chi connectivity index (χ2n) is 8.36. The van der Waals surface area contributed by atoms with Gasteiger partial charge in [0.2, 0.25) is 5.91 Å². The number of benzene rings is 2. The minimum Gasteiger partial charge on any atom is -0.497 e. The number of para-hydroxylation sites is 1. The lowest BCUT2D eigenvalue weighted by molar-refractivity contribution is -0.131. The molecule has 5 nitrogen and oxygen atoms in total. The van der Waals surface area contributed by atoms with Gasteiger partial charge in [0.1, 0.15) is 5.75 Å². The Balaban J connectivity index is 1.33. The highest BCUT2D eigenvalue weighted by Gasteiger charge is 2.31. The smallest absolute Gasteiger partial charge is 0.227 e. The minimum atomic E-state index is 0.0398. The standard InChI is InChI=1S/C27H27N3O2/c1-32-22-9-4-7-19(16-22)15-21-8-5-12-25(29-21)26-13-6-14-30(26)27(31)17-20-18-28-24-11-3-2-10-23(20)24/h2-5,7-12,16,18,26,28H,6,13-15,17H2,1H3/t26-/m1/s1. The first-order chi connectivity index (χ1) is 15.7.